The summed E-state index contributed by atoms with van der Waals surface area (Å²) in [6.07, 6.45) is -2.47. The van der Waals surface area contributed by atoms with Crippen LogP contribution < -0.4 is 10.0 Å². The van der Waals surface area contributed by atoms with Crippen LogP contribution in [0.2, 0.25) is 0 Å². The summed E-state index contributed by atoms with van der Waals surface area (Å²) >= 11 is 0. The van der Waals surface area contributed by atoms with Gasteiger partial charge in [-0.3, -0.25) is 9.69 Å². The average Bonchev–Trinajstić information content (AvgIpc) is 3.24. The molecule has 0 radical (unpaired) electrons. The van der Waals surface area contributed by atoms with Gasteiger partial charge in [-0.15, -0.1) is 0 Å². The number of aromatic nitrogens is 3. The minimum Gasteiger partial charge on any atom is -0.619 e. The van der Waals surface area contributed by atoms with Crippen molar-refractivity contribution in [1.29, 1.82) is 0 Å². The maximum atomic E-state index is 14.6. The molecule has 1 aromatic carbocycles. The lowest BCUT2D eigenvalue weighted by molar-refractivity contribution is -0.605. The van der Waals surface area contributed by atoms with Gasteiger partial charge in [-0.2, -0.15) is 17.9 Å². The fraction of sp³-hybridized carbons (Fsp3) is 0.375. The topological polar surface area (TPSA) is 77.1 Å². The number of anilines is 1. The van der Waals surface area contributed by atoms with E-state index in [1.807, 2.05) is 0 Å². The maximum Gasteiger partial charge on any atom is 0.449 e. The monoisotopic (exact) mass is 545 g/mol. The standard InChI is InChI=1S/C24H22F7N5O2/c1-14(34-9-6-23(27,28)18(12-34)15-4-7-36(38)8-5-15)21(37)32-20-13-35(22(33-20)24(29,30)31)11-16-2-3-17(25)10-19(16)26/h2-5,7-8,10,13-14,18H,6,9,11-12H2,1H3,(H,32,37)/t14?,18-/m1/s1. The number of rotatable bonds is 6. The van der Waals surface area contributed by atoms with E-state index in [9.17, 15) is 40.7 Å². The number of nitrogens with one attached hydrogen (secondary N) is 1. The van der Waals surface area contributed by atoms with Gasteiger partial charge in [0.05, 0.1) is 18.5 Å². The van der Waals surface area contributed by atoms with Gasteiger partial charge in [-0.05, 0) is 18.6 Å². The molecule has 4 rings (SSSR count). The van der Waals surface area contributed by atoms with Gasteiger partial charge in [0.25, 0.3) is 5.92 Å². The fourth-order valence-electron chi connectivity index (χ4n) is 4.34. The van der Waals surface area contributed by atoms with Crippen molar-refractivity contribution in [3.63, 3.8) is 0 Å². The lowest BCUT2D eigenvalue weighted by Gasteiger charge is -2.40. The number of benzene rings is 1. The normalized spacial score (nSPS) is 18.8. The molecule has 0 bridgehead atoms. The van der Waals surface area contributed by atoms with Crippen molar-refractivity contribution in [2.75, 3.05) is 18.4 Å². The van der Waals surface area contributed by atoms with E-state index in [0.717, 1.165) is 30.7 Å². The zero-order valence-corrected chi connectivity index (χ0v) is 19.9. The van der Waals surface area contributed by atoms with E-state index in [1.54, 1.807) is 0 Å². The van der Waals surface area contributed by atoms with Gasteiger partial charge < -0.3 is 15.1 Å². The molecule has 0 spiro atoms. The predicted octanol–water partition coefficient (Wildman–Crippen LogP) is 4.31. The van der Waals surface area contributed by atoms with Crippen molar-refractivity contribution in [3.8, 4) is 0 Å². The first-order chi connectivity index (χ1) is 17.7. The Balaban J connectivity index is 1.51. The van der Waals surface area contributed by atoms with Crippen molar-refractivity contribution in [1.82, 2.24) is 14.5 Å². The first-order valence-electron chi connectivity index (χ1n) is 11.4. The molecule has 2 aromatic heterocycles. The molecule has 1 amide bonds. The molecule has 1 N–H and O–H groups in total. The first-order valence-corrected chi connectivity index (χ1v) is 11.4. The van der Waals surface area contributed by atoms with Crippen LogP contribution in [0.25, 0.3) is 0 Å². The van der Waals surface area contributed by atoms with E-state index in [2.05, 4.69) is 10.3 Å². The highest BCUT2D eigenvalue weighted by Gasteiger charge is 2.46. The molecule has 204 valence electrons. The zero-order chi connectivity index (χ0) is 27.8. The van der Waals surface area contributed by atoms with E-state index in [1.165, 1.54) is 24.0 Å². The summed E-state index contributed by atoms with van der Waals surface area (Å²) in [5, 5.41) is 13.5. The number of pyridine rings is 1. The van der Waals surface area contributed by atoms with E-state index in [4.69, 9.17) is 0 Å². The molecule has 3 aromatic rings. The van der Waals surface area contributed by atoms with Crippen LogP contribution in [0.1, 0.15) is 36.2 Å². The molecule has 38 heavy (non-hydrogen) atoms. The molecule has 1 aliphatic rings. The van der Waals surface area contributed by atoms with Gasteiger partial charge in [-0.1, -0.05) is 6.07 Å². The number of hydrogen-bond acceptors (Lipinski definition) is 4. The van der Waals surface area contributed by atoms with Gasteiger partial charge in [0.1, 0.15) is 11.6 Å². The van der Waals surface area contributed by atoms with E-state index < -0.39 is 66.2 Å². The average molecular weight is 545 g/mol. The Morgan fingerprint density at radius 3 is 2.55 bits per heavy atom. The van der Waals surface area contributed by atoms with Crippen molar-refractivity contribution in [3.05, 3.63) is 82.7 Å². The number of alkyl halides is 5. The second kappa shape index (κ2) is 10.2. The lowest BCUT2D eigenvalue weighted by atomic mass is 9.87. The summed E-state index contributed by atoms with van der Waals surface area (Å²) in [5.41, 5.74) is -0.0229. The number of carbonyl (C=O) groups is 1. The fourth-order valence-corrected chi connectivity index (χ4v) is 4.34. The summed E-state index contributed by atoms with van der Waals surface area (Å²) in [5.74, 6) is -9.03. The van der Waals surface area contributed by atoms with Crippen LogP contribution in [0.15, 0.2) is 48.9 Å². The van der Waals surface area contributed by atoms with Crippen molar-refractivity contribution >= 4 is 11.7 Å². The minimum absolute atomic E-state index is 0.154. The Kier molecular flexibility index (Phi) is 7.37. The second-order valence-corrected chi connectivity index (χ2v) is 9.03. The highest BCUT2D eigenvalue weighted by molar-refractivity contribution is 5.93. The van der Waals surface area contributed by atoms with Gasteiger partial charge in [0.2, 0.25) is 11.7 Å². The van der Waals surface area contributed by atoms with Crippen LogP contribution in [-0.4, -0.2) is 45.4 Å². The Labute approximate surface area is 212 Å². The Morgan fingerprint density at radius 1 is 1.24 bits per heavy atom. The molecular weight excluding hydrogens is 523 g/mol. The van der Waals surface area contributed by atoms with Crippen LogP contribution in [0, 0.1) is 16.8 Å². The molecule has 3 heterocycles. The third-order valence-electron chi connectivity index (χ3n) is 6.45. The molecule has 0 aliphatic carbocycles. The summed E-state index contributed by atoms with van der Waals surface area (Å²) in [6.45, 7) is 0.389. The van der Waals surface area contributed by atoms with Crippen molar-refractivity contribution in [2.45, 2.75) is 43.9 Å². The summed E-state index contributed by atoms with van der Waals surface area (Å²) in [6, 6.07) is 3.96. The second-order valence-electron chi connectivity index (χ2n) is 9.03. The summed E-state index contributed by atoms with van der Waals surface area (Å²) in [4.78, 5) is 17.8. The minimum atomic E-state index is -4.95. The number of imidazole rings is 1. The first kappa shape index (κ1) is 27.4. The van der Waals surface area contributed by atoms with Gasteiger partial charge in [-0.25, -0.2) is 22.5 Å². The molecule has 14 heteroatoms. The molecule has 2 atom stereocenters. The molecule has 1 fully saturated rings. The predicted molar refractivity (Wildman–Crippen MR) is 120 cm³/mol. The maximum absolute atomic E-state index is 14.6. The molecule has 1 saturated heterocycles. The lowest BCUT2D eigenvalue weighted by Crippen LogP contribution is -2.52. The van der Waals surface area contributed by atoms with E-state index >= 15 is 0 Å². The smallest absolute Gasteiger partial charge is 0.449 e. The quantitative estimate of drug-likeness (QED) is 0.285. The number of piperidine rings is 1. The summed E-state index contributed by atoms with van der Waals surface area (Å²) < 4.78 is 98.2. The summed E-state index contributed by atoms with van der Waals surface area (Å²) in [7, 11) is 0. The number of carbonyl (C=O) groups excluding carboxylic acids is 1. The van der Waals surface area contributed by atoms with Crippen molar-refractivity contribution < 1.29 is 40.3 Å². The van der Waals surface area contributed by atoms with Crippen LogP contribution in [0.4, 0.5) is 36.6 Å². The highest BCUT2D eigenvalue weighted by atomic mass is 19.4. The third-order valence-corrected chi connectivity index (χ3v) is 6.45. The molecule has 7 nitrogen and oxygen atoms in total. The van der Waals surface area contributed by atoms with Crippen LogP contribution in [-0.2, 0) is 17.5 Å². The Hall–Kier alpha value is -3.68. The molecule has 1 aliphatic heterocycles. The number of halogens is 7. The Bertz CT molecular complexity index is 1310. The largest absolute Gasteiger partial charge is 0.619 e. The number of amides is 1. The van der Waals surface area contributed by atoms with Crippen LogP contribution in [0.3, 0.4) is 0 Å². The van der Waals surface area contributed by atoms with Gasteiger partial charge >= 0.3 is 6.18 Å². The highest BCUT2D eigenvalue weighted by Crippen LogP contribution is 2.40. The number of likely N-dealkylation sites (tertiary alicyclic amines) is 1. The third kappa shape index (κ3) is 5.90. The SMILES string of the molecule is CC(C(=O)Nc1cn(Cc2ccc(F)cc2F)c(C(F)(F)F)n1)N1CCC(F)(F)[C@@H](c2cc[n+]([O-])cc2)C1. The van der Waals surface area contributed by atoms with Crippen LogP contribution >= 0.6 is 0 Å². The van der Waals surface area contributed by atoms with Gasteiger partial charge in [0, 0.05) is 49.5 Å². The molecular formula is C24H22F7N5O2. The van der Waals surface area contributed by atoms with Crippen LogP contribution in [0.5, 0.6) is 0 Å². The number of hydrogen-bond donors (Lipinski definition) is 1. The zero-order valence-electron chi connectivity index (χ0n) is 19.9. The van der Waals surface area contributed by atoms with Crippen molar-refractivity contribution in [2.24, 2.45) is 0 Å². The Morgan fingerprint density at radius 2 is 1.92 bits per heavy atom. The molecule has 0 saturated carbocycles. The molecule has 1 unspecified atom stereocenters. The van der Waals surface area contributed by atoms with Gasteiger partial charge in [0.15, 0.2) is 18.2 Å². The van der Waals surface area contributed by atoms with E-state index in [0.29, 0.717) is 15.4 Å². The van der Waals surface area contributed by atoms with E-state index in [-0.39, 0.29) is 24.2 Å². The number of nitrogens with zero attached hydrogens (tertiary/aromatic N) is 4.